The third-order valence-corrected chi connectivity index (χ3v) is 6.24. The van der Waals surface area contributed by atoms with Gasteiger partial charge >= 0.3 is 0 Å². The summed E-state index contributed by atoms with van der Waals surface area (Å²) in [6, 6.07) is 0. The number of carbonyl (C=O) groups excluding carboxylic acids is 1. The van der Waals surface area contributed by atoms with Gasteiger partial charge in [-0.2, -0.15) is 5.10 Å². The molecule has 0 saturated carbocycles. The summed E-state index contributed by atoms with van der Waals surface area (Å²) in [6.45, 7) is 10.9. The summed E-state index contributed by atoms with van der Waals surface area (Å²) < 4.78 is 28.4. The summed E-state index contributed by atoms with van der Waals surface area (Å²) in [5.41, 5.74) is 9.92. The van der Waals surface area contributed by atoms with Crippen molar-refractivity contribution >= 4 is 21.6 Å². The van der Waals surface area contributed by atoms with Crippen LogP contribution in [0, 0.1) is 41.5 Å². The Bertz CT molecular complexity index is 914. The van der Waals surface area contributed by atoms with E-state index in [1.54, 1.807) is 20.8 Å². The minimum absolute atomic E-state index is 0.0807. The van der Waals surface area contributed by atoms with Gasteiger partial charge in [-0.05, 0) is 69.4 Å². The molecular weight excluding hydrogens is 328 g/mol. The van der Waals surface area contributed by atoms with E-state index in [4.69, 9.17) is 5.73 Å². The van der Waals surface area contributed by atoms with E-state index in [-0.39, 0.29) is 16.3 Å². The van der Waals surface area contributed by atoms with Crippen LogP contribution in [0.5, 0.6) is 0 Å². The SMILES string of the molecule is Cc1[nH]nc(C(N)=O)c1NS(=O)(=O)c1c(C)c(C)c(C)c(C)c1C. The number of nitrogens with zero attached hydrogens (tertiary/aromatic N) is 1. The maximum atomic E-state index is 13.0. The molecule has 0 aliphatic heterocycles. The van der Waals surface area contributed by atoms with Gasteiger partial charge in [-0.15, -0.1) is 0 Å². The molecule has 2 rings (SSSR count). The molecule has 0 aliphatic rings. The number of nitrogens with two attached hydrogens (primary N) is 1. The van der Waals surface area contributed by atoms with Crippen molar-refractivity contribution in [1.82, 2.24) is 10.2 Å². The first-order chi connectivity index (χ1) is 11.0. The van der Waals surface area contributed by atoms with E-state index in [0.29, 0.717) is 16.8 Å². The molecule has 7 nitrogen and oxygen atoms in total. The number of rotatable bonds is 4. The van der Waals surface area contributed by atoms with E-state index in [1.807, 2.05) is 20.8 Å². The number of hydrogen-bond donors (Lipinski definition) is 3. The Morgan fingerprint density at radius 2 is 1.42 bits per heavy atom. The Kier molecular flexibility index (Phi) is 4.45. The lowest BCUT2D eigenvalue weighted by Crippen LogP contribution is -2.21. The number of benzene rings is 1. The molecule has 2 aromatic rings. The summed E-state index contributed by atoms with van der Waals surface area (Å²) in [7, 11) is -3.90. The average molecular weight is 350 g/mol. The molecule has 8 heteroatoms. The van der Waals surface area contributed by atoms with Crippen LogP contribution in [0.25, 0.3) is 0 Å². The summed E-state index contributed by atoms with van der Waals surface area (Å²) >= 11 is 0. The van der Waals surface area contributed by atoms with Gasteiger partial charge < -0.3 is 5.73 Å². The van der Waals surface area contributed by atoms with Gasteiger partial charge in [0.25, 0.3) is 15.9 Å². The monoisotopic (exact) mass is 350 g/mol. The highest BCUT2D eigenvalue weighted by atomic mass is 32.2. The number of anilines is 1. The molecule has 0 fully saturated rings. The fourth-order valence-corrected chi connectivity index (χ4v) is 4.52. The van der Waals surface area contributed by atoms with Crippen molar-refractivity contribution in [2.75, 3.05) is 4.72 Å². The molecule has 1 aromatic carbocycles. The zero-order valence-corrected chi connectivity index (χ0v) is 15.5. The van der Waals surface area contributed by atoms with Gasteiger partial charge in [-0.3, -0.25) is 14.6 Å². The van der Waals surface area contributed by atoms with Gasteiger partial charge in [-0.25, -0.2) is 8.42 Å². The van der Waals surface area contributed by atoms with E-state index in [2.05, 4.69) is 14.9 Å². The molecule has 0 saturated heterocycles. The maximum absolute atomic E-state index is 13.0. The second kappa shape index (κ2) is 5.94. The highest BCUT2D eigenvalue weighted by molar-refractivity contribution is 7.92. The van der Waals surface area contributed by atoms with Crippen LogP contribution in [0.4, 0.5) is 5.69 Å². The molecular formula is C16H22N4O3S. The summed E-state index contributed by atoms with van der Waals surface area (Å²) in [4.78, 5) is 11.7. The first kappa shape index (κ1) is 18.0. The number of aromatic amines is 1. The molecule has 130 valence electrons. The van der Waals surface area contributed by atoms with Crippen molar-refractivity contribution in [2.24, 2.45) is 5.73 Å². The highest BCUT2D eigenvalue weighted by Crippen LogP contribution is 2.31. The maximum Gasteiger partial charge on any atom is 0.271 e. The third kappa shape index (κ3) is 2.77. The van der Waals surface area contributed by atoms with Gasteiger partial charge in [0.1, 0.15) is 5.69 Å². The Morgan fingerprint density at radius 1 is 0.958 bits per heavy atom. The average Bonchev–Trinajstić information content (AvgIpc) is 2.83. The van der Waals surface area contributed by atoms with Crippen LogP contribution >= 0.6 is 0 Å². The van der Waals surface area contributed by atoms with Gasteiger partial charge in [0.15, 0.2) is 5.69 Å². The van der Waals surface area contributed by atoms with Gasteiger partial charge in [0.05, 0.1) is 10.6 Å². The molecule has 1 heterocycles. The minimum atomic E-state index is -3.90. The lowest BCUT2D eigenvalue weighted by atomic mass is 9.95. The molecule has 0 bridgehead atoms. The number of amides is 1. The number of carbonyl (C=O) groups is 1. The van der Waals surface area contributed by atoms with Crippen LogP contribution in [0.1, 0.15) is 44.0 Å². The highest BCUT2D eigenvalue weighted by Gasteiger charge is 2.27. The normalized spacial score (nSPS) is 11.6. The molecule has 0 radical (unpaired) electrons. The first-order valence-corrected chi connectivity index (χ1v) is 8.91. The number of hydrogen-bond acceptors (Lipinski definition) is 4. The van der Waals surface area contributed by atoms with E-state index in [1.165, 1.54) is 0 Å². The Hall–Kier alpha value is -2.35. The standard InChI is InChI=1S/C16H22N4O3S/c1-7-8(2)10(4)15(11(5)9(7)3)24(22,23)20-13-12(6)18-19-14(13)16(17)21/h20H,1-6H3,(H2,17,21)(H,18,19). The van der Waals surface area contributed by atoms with Crippen LogP contribution in [-0.4, -0.2) is 24.5 Å². The molecule has 1 amide bonds. The summed E-state index contributed by atoms with van der Waals surface area (Å²) in [6.07, 6.45) is 0. The van der Waals surface area contributed by atoms with Crippen molar-refractivity contribution in [3.8, 4) is 0 Å². The molecule has 0 aliphatic carbocycles. The minimum Gasteiger partial charge on any atom is -0.364 e. The van der Waals surface area contributed by atoms with Gasteiger partial charge in [0.2, 0.25) is 0 Å². The van der Waals surface area contributed by atoms with E-state index >= 15 is 0 Å². The Balaban J connectivity index is 2.66. The largest absolute Gasteiger partial charge is 0.364 e. The van der Waals surface area contributed by atoms with Crippen LogP contribution in [0.15, 0.2) is 4.90 Å². The van der Waals surface area contributed by atoms with Crippen molar-refractivity contribution in [3.05, 3.63) is 39.2 Å². The van der Waals surface area contributed by atoms with E-state index in [9.17, 15) is 13.2 Å². The zero-order valence-electron chi connectivity index (χ0n) is 14.7. The number of nitrogens with one attached hydrogen (secondary N) is 2. The predicted octanol–water partition coefficient (Wildman–Crippen LogP) is 2.16. The van der Waals surface area contributed by atoms with Crippen molar-refractivity contribution in [3.63, 3.8) is 0 Å². The van der Waals surface area contributed by atoms with Crippen molar-refractivity contribution in [1.29, 1.82) is 0 Å². The molecule has 1 aromatic heterocycles. The first-order valence-electron chi connectivity index (χ1n) is 7.43. The fraction of sp³-hybridized carbons (Fsp3) is 0.375. The lowest BCUT2D eigenvalue weighted by Gasteiger charge is -2.19. The Labute approximate surface area is 141 Å². The van der Waals surface area contributed by atoms with Crippen molar-refractivity contribution < 1.29 is 13.2 Å². The molecule has 24 heavy (non-hydrogen) atoms. The number of aryl methyl sites for hydroxylation is 1. The summed E-state index contributed by atoms with van der Waals surface area (Å²) in [5, 5.41) is 6.34. The topological polar surface area (TPSA) is 118 Å². The fourth-order valence-electron chi connectivity index (χ4n) is 2.79. The molecule has 0 atom stereocenters. The molecule has 0 unspecified atom stereocenters. The summed E-state index contributed by atoms with van der Waals surface area (Å²) in [5.74, 6) is -0.804. The van der Waals surface area contributed by atoms with Gasteiger partial charge in [0, 0.05) is 0 Å². The van der Waals surface area contributed by atoms with Crippen molar-refractivity contribution in [2.45, 2.75) is 46.4 Å². The third-order valence-electron chi connectivity index (χ3n) is 4.62. The van der Waals surface area contributed by atoms with Crippen LogP contribution in [0.3, 0.4) is 0 Å². The van der Waals surface area contributed by atoms with E-state index < -0.39 is 15.9 Å². The molecule has 4 N–H and O–H groups in total. The van der Waals surface area contributed by atoms with Crippen LogP contribution < -0.4 is 10.5 Å². The van der Waals surface area contributed by atoms with Crippen LogP contribution in [0.2, 0.25) is 0 Å². The Morgan fingerprint density at radius 3 is 1.88 bits per heavy atom. The second-order valence-corrected chi connectivity index (χ2v) is 7.62. The zero-order chi connectivity index (χ0) is 18.4. The number of H-pyrrole nitrogens is 1. The van der Waals surface area contributed by atoms with Gasteiger partial charge in [-0.1, -0.05) is 0 Å². The van der Waals surface area contributed by atoms with E-state index in [0.717, 1.165) is 16.7 Å². The second-order valence-electron chi connectivity index (χ2n) is 6.00. The quantitative estimate of drug-likeness (QED) is 0.783. The lowest BCUT2D eigenvalue weighted by molar-refractivity contribution is 0.0996. The van der Waals surface area contributed by atoms with Crippen LogP contribution in [-0.2, 0) is 10.0 Å². The predicted molar refractivity (Wildman–Crippen MR) is 92.8 cm³/mol. The number of primary amides is 1. The number of sulfonamides is 1. The number of aromatic nitrogens is 2. The molecule has 0 spiro atoms. The smallest absolute Gasteiger partial charge is 0.271 e.